The van der Waals surface area contributed by atoms with Crippen molar-refractivity contribution < 1.29 is 19.1 Å². The minimum absolute atomic E-state index is 0.193. The van der Waals surface area contributed by atoms with Crippen LogP contribution in [0.3, 0.4) is 0 Å². The third kappa shape index (κ3) is 3.79. The van der Waals surface area contributed by atoms with Crippen molar-refractivity contribution in [3.05, 3.63) is 59.4 Å². The number of hydrogen-bond acceptors (Lipinski definition) is 2. The van der Waals surface area contributed by atoms with Crippen LogP contribution in [0.2, 0.25) is 0 Å². The summed E-state index contributed by atoms with van der Waals surface area (Å²) in [5, 5.41) is 13.9. The fourth-order valence-corrected chi connectivity index (χ4v) is 1.70. The van der Waals surface area contributed by atoms with Gasteiger partial charge in [0.2, 0.25) is 0 Å². The quantitative estimate of drug-likeness (QED) is 0.809. The Hall–Kier alpha value is -2.89. The topological polar surface area (TPSA) is 78.4 Å². The van der Waals surface area contributed by atoms with Crippen molar-refractivity contribution >= 4 is 23.4 Å². The second kappa shape index (κ2) is 6.04. The number of amides is 2. The minimum atomic E-state index is -1.39. The molecule has 0 aliphatic heterocycles. The molecule has 0 aromatic heterocycles. The molecule has 0 saturated heterocycles. The van der Waals surface area contributed by atoms with Crippen LogP contribution >= 0.6 is 0 Å². The van der Waals surface area contributed by atoms with Crippen LogP contribution in [-0.4, -0.2) is 17.1 Å². The molecule has 0 fully saturated rings. The fraction of sp³-hybridized carbons (Fsp3) is 0.0667. The summed E-state index contributed by atoms with van der Waals surface area (Å²) in [7, 11) is 0. The lowest BCUT2D eigenvalue weighted by Gasteiger charge is -2.08. The molecule has 21 heavy (non-hydrogen) atoms. The van der Waals surface area contributed by atoms with Gasteiger partial charge in [0.1, 0.15) is 5.82 Å². The molecule has 0 bridgehead atoms. The summed E-state index contributed by atoms with van der Waals surface area (Å²) in [4.78, 5) is 22.6. The first-order chi connectivity index (χ1) is 9.95. The van der Waals surface area contributed by atoms with Crippen LogP contribution in [0.25, 0.3) is 0 Å². The van der Waals surface area contributed by atoms with Crippen LogP contribution in [0.5, 0.6) is 0 Å². The summed E-state index contributed by atoms with van der Waals surface area (Å²) < 4.78 is 13.2. The van der Waals surface area contributed by atoms with E-state index in [0.29, 0.717) is 5.69 Å². The van der Waals surface area contributed by atoms with Gasteiger partial charge in [-0.15, -0.1) is 0 Å². The molecule has 0 unspecified atom stereocenters. The monoisotopic (exact) mass is 288 g/mol. The Morgan fingerprint density at radius 2 is 1.57 bits per heavy atom. The lowest BCUT2D eigenvalue weighted by molar-refractivity contribution is 0.0692. The van der Waals surface area contributed by atoms with Crippen LogP contribution in [0.1, 0.15) is 15.9 Å². The third-order valence-corrected chi connectivity index (χ3v) is 2.76. The van der Waals surface area contributed by atoms with Crippen molar-refractivity contribution in [3.8, 4) is 0 Å². The molecule has 0 radical (unpaired) electrons. The second-order valence-electron chi connectivity index (χ2n) is 4.44. The van der Waals surface area contributed by atoms with Crippen molar-refractivity contribution in [1.82, 2.24) is 0 Å². The maximum atomic E-state index is 13.2. The first-order valence-corrected chi connectivity index (χ1v) is 6.13. The highest BCUT2D eigenvalue weighted by Crippen LogP contribution is 2.15. The Bertz CT molecular complexity index is 684. The Kier molecular flexibility index (Phi) is 4.18. The number of rotatable bonds is 3. The zero-order valence-corrected chi connectivity index (χ0v) is 11.2. The van der Waals surface area contributed by atoms with Crippen LogP contribution in [0, 0.1) is 12.7 Å². The molecule has 6 heteroatoms. The maximum absolute atomic E-state index is 13.2. The number of carbonyl (C=O) groups excluding carboxylic acids is 1. The van der Waals surface area contributed by atoms with Crippen molar-refractivity contribution in [2.45, 2.75) is 6.92 Å². The van der Waals surface area contributed by atoms with E-state index in [2.05, 4.69) is 10.6 Å². The summed E-state index contributed by atoms with van der Waals surface area (Å²) in [6.45, 7) is 1.93. The lowest BCUT2D eigenvalue weighted by Crippen LogP contribution is -2.19. The number of anilines is 2. The number of carbonyl (C=O) groups is 2. The fourth-order valence-electron chi connectivity index (χ4n) is 1.70. The van der Waals surface area contributed by atoms with Gasteiger partial charge in [0, 0.05) is 11.4 Å². The predicted molar refractivity (Wildman–Crippen MR) is 77.2 cm³/mol. The molecule has 0 spiro atoms. The molecule has 0 atom stereocenters. The lowest BCUT2D eigenvalue weighted by atomic mass is 10.2. The van der Waals surface area contributed by atoms with Crippen LogP contribution in [0.15, 0.2) is 42.5 Å². The Morgan fingerprint density at radius 3 is 2.19 bits per heavy atom. The van der Waals surface area contributed by atoms with Gasteiger partial charge in [-0.1, -0.05) is 17.7 Å². The molecule has 2 aromatic carbocycles. The Balaban J connectivity index is 2.07. The molecule has 0 aliphatic carbocycles. The highest BCUT2D eigenvalue weighted by molar-refractivity contribution is 6.00. The van der Waals surface area contributed by atoms with Gasteiger partial charge in [-0.05, 0) is 37.3 Å². The first kappa shape index (κ1) is 14.5. The number of hydrogen-bond donors (Lipinski definition) is 3. The van der Waals surface area contributed by atoms with Gasteiger partial charge in [-0.25, -0.2) is 14.0 Å². The molecule has 0 heterocycles. The zero-order chi connectivity index (χ0) is 15.4. The molecule has 5 nitrogen and oxygen atoms in total. The number of benzene rings is 2. The van der Waals surface area contributed by atoms with Gasteiger partial charge in [-0.2, -0.15) is 0 Å². The highest BCUT2D eigenvalue weighted by atomic mass is 19.1. The van der Waals surface area contributed by atoms with Gasteiger partial charge in [0.15, 0.2) is 0 Å². The van der Waals surface area contributed by atoms with Gasteiger partial charge in [-0.3, -0.25) is 0 Å². The van der Waals surface area contributed by atoms with E-state index in [0.717, 1.165) is 17.7 Å². The molecule has 2 aromatic rings. The van der Waals surface area contributed by atoms with Crippen LogP contribution in [0.4, 0.5) is 20.6 Å². The van der Waals surface area contributed by atoms with Gasteiger partial charge in [0.25, 0.3) is 0 Å². The number of carboxylic acids is 1. The standard InChI is InChI=1S/C15H13FN2O3/c1-9-2-4-10(5-3-9)17-15(21)18-11-6-7-13(16)12(8-11)14(19)20/h2-8H,1H3,(H,19,20)(H2,17,18,21). The maximum Gasteiger partial charge on any atom is 0.338 e. The average Bonchev–Trinajstić information content (AvgIpc) is 2.43. The number of carboxylic acid groups (broad SMARTS) is 1. The normalized spacial score (nSPS) is 10.0. The van der Waals surface area contributed by atoms with Crippen LogP contribution in [-0.2, 0) is 0 Å². The number of halogens is 1. The number of aromatic carboxylic acids is 1. The van der Waals surface area contributed by atoms with Crippen molar-refractivity contribution in [3.63, 3.8) is 0 Å². The Labute approximate surface area is 120 Å². The van der Waals surface area contributed by atoms with Gasteiger partial charge in [0.05, 0.1) is 5.56 Å². The smallest absolute Gasteiger partial charge is 0.338 e. The van der Waals surface area contributed by atoms with Gasteiger partial charge < -0.3 is 15.7 Å². The van der Waals surface area contributed by atoms with E-state index in [1.165, 1.54) is 6.07 Å². The molecule has 0 saturated carbocycles. The van der Waals surface area contributed by atoms with E-state index in [9.17, 15) is 14.0 Å². The van der Waals surface area contributed by atoms with E-state index in [1.54, 1.807) is 12.1 Å². The zero-order valence-electron chi connectivity index (χ0n) is 11.2. The molecule has 0 aliphatic rings. The second-order valence-corrected chi connectivity index (χ2v) is 4.44. The molecule has 108 valence electrons. The summed E-state index contributed by atoms with van der Waals surface area (Å²) in [5.41, 5.74) is 1.35. The van der Waals surface area contributed by atoms with E-state index in [1.807, 2.05) is 19.1 Å². The van der Waals surface area contributed by atoms with Crippen LogP contribution < -0.4 is 10.6 Å². The molecular weight excluding hydrogens is 275 g/mol. The summed E-state index contributed by atoms with van der Waals surface area (Å²) in [6, 6.07) is 9.96. The van der Waals surface area contributed by atoms with E-state index in [4.69, 9.17) is 5.11 Å². The van der Waals surface area contributed by atoms with Crippen molar-refractivity contribution in [2.24, 2.45) is 0 Å². The molecule has 3 N–H and O–H groups in total. The SMILES string of the molecule is Cc1ccc(NC(=O)Nc2ccc(F)c(C(=O)O)c2)cc1. The number of urea groups is 1. The first-order valence-electron chi connectivity index (χ1n) is 6.13. The minimum Gasteiger partial charge on any atom is -0.478 e. The van der Waals surface area contributed by atoms with Gasteiger partial charge >= 0.3 is 12.0 Å². The summed E-state index contributed by atoms with van der Waals surface area (Å²) >= 11 is 0. The van der Waals surface area contributed by atoms with E-state index >= 15 is 0 Å². The van der Waals surface area contributed by atoms with Crippen molar-refractivity contribution in [2.75, 3.05) is 10.6 Å². The third-order valence-electron chi connectivity index (χ3n) is 2.76. The Morgan fingerprint density at radius 1 is 1.00 bits per heavy atom. The van der Waals surface area contributed by atoms with Crippen molar-refractivity contribution in [1.29, 1.82) is 0 Å². The number of nitrogens with one attached hydrogen (secondary N) is 2. The number of aryl methyl sites for hydroxylation is 1. The largest absolute Gasteiger partial charge is 0.478 e. The predicted octanol–water partition coefficient (Wildman–Crippen LogP) is 3.48. The molecule has 2 amide bonds. The molecular formula is C15H13FN2O3. The average molecular weight is 288 g/mol. The van der Waals surface area contributed by atoms with E-state index < -0.39 is 23.4 Å². The summed E-state index contributed by atoms with van der Waals surface area (Å²) in [6.07, 6.45) is 0. The van der Waals surface area contributed by atoms with E-state index in [-0.39, 0.29) is 5.69 Å². The highest BCUT2D eigenvalue weighted by Gasteiger charge is 2.12. The summed E-state index contributed by atoms with van der Waals surface area (Å²) in [5.74, 6) is -2.25. The molecule has 2 rings (SSSR count).